The molecule has 0 saturated heterocycles. The second-order valence-electron chi connectivity index (χ2n) is 7.52. The summed E-state index contributed by atoms with van der Waals surface area (Å²) in [6.07, 6.45) is 5.48. The van der Waals surface area contributed by atoms with E-state index in [2.05, 4.69) is 55.4 Å². The molecule has 0 radical (unpaired) electrons. The fraction of sp³-hybridized carbons (Fsp3) is 0.348. The molecule has 0 unspecified atom stereocenters. The van der Waals surface area contributed by atoms with E-state index in [0.717, 1.165) is 24.9 Å². The number of carboxylic acid groups (broad SMARTS) is 1. The van der Waals surface area contributed by atoms with Gasteiger partial charge in [-0.3, -0.25) is 0 Å². The first-order valence-corrected chi connectivity index (χ1v) is 9.25. The van der Waals surface area contributed by atoms with E-state index in [-0.39, 0.29) is 0 Å². The van der Waals surface area contributed by atoms with Crippen molar-refractivity contribution in [3.8, 4) is 0 Å². The summed E-state index contributed by atoms with van der Waals surface area (Å²) in [4.78, 5) is 13.5. The first kappa shape index (κ1) is 18.4. The smallest absolute Gasteiger partial charge is 0.335 e. The van der Waals surface area contributed by atoms with Crippen LogP contribution in [0.3, 0.4) is 0 Å². The Morgan fingerprint density at radius 1 is 1.15 bits per heavy atom. The molecule has 0 aromatic heterocycles. The molecule has 1 fully saturated rings. The lowest BCUT2D eigenvalue weighted by Crippen LogP contribution is -2.29. The Balaban J connectivity index is 1.85. The number of rotatable bonds is 5. The van der Waals surface area contributed by atoms with Crippen molar-refractivity contribution in [2.45, 2.75) is 25.2 Å². The Kier molecular flexibility index (Phi) is 5.89. The molecule has 1 N–H and O–H groups in total. The quantitative estimate of drug-likeness (QED) is 0.833. The first-order chi connectivity index (χ1) is 12.5. The molecule has 3 heteroatoms. The maximum Gasteiger partial charge on any atom is 0.335 e. The van der Waals surface area contributed by atoms with Crippen molar-refractivity contribution < 1.29 is 9.90 Å². The number of nitrogens with zero attached hydrogens (tertiary/aromatic N) is 1. The maximum atomic E-state index is 11.2. The van der Waals surface area contributed by atoms with Crippen LogP contribution in [0.25, 0.3) is 6.08 Å². The molecule has 0 spiro atoms. The van der Waals surface area contributed by atoms with E-state index in [1.54, 1.807) is 12.1 Å². The van der Waals surface area contributed by atoms with Crippen molar-refractivity contribution in [3.63, 3.8) is 0 Å². The molecule has 1 aliphatic rings. The molecular weight excluding hydrogens is 322 g/mol. The predicted molar refractivity (Wildman–Crippen MR) is 106 cm³/mol. The number of hydrogen-bond acceptors (Lipinski definition) is 2. The van der Waals surface area contributed by atoms with Gasteiger partial charge in [0, 0.05) is 6.54 Å². The van der Waals surface area contributed by atoms with Gasteiger partial charge in [-0.25, -0.2) is 4.79 Å². The van der Waals surface area contributed by atoms with Crippen LogP contribution in [-0.4, -0.2) is 36.6 Å². The number of carbonyl (C=O) groups is 1. The molecular formula is C23H27NO2. The molecule has 2 atom stereocenters. The van der Waals surface area contributed by atoms with Crippen LogP contribution in [0.1, 0.15) is 46.7 Å². The minimum Gasteiger partial charge on any atom is -0.478 e. The third-order valence-corrected chi connectivity index (χ3v) is 5.22. The van der Waals surface area contributed by atoms with Crippen LogP contribution in [0.15, 0.2) is 60.2 Å². The van der Waals surface area contributed by atoms with Gasteiger partial charge < -0.3 is 10.0 Å². The van der Waals surface area contributed by atoms with Crippen LogP contribution < -0.4 is 0 Å². The number of benzene rings is 2. The molecule has 1 saturated carbocycles. The monoisotopic (exact) mass is 349 g/mol. The highest BCUT2D eigenvalue weighted by atomic mass is 16.4. The van der Waals surface area contributed by atoms with E-state index in [0.29, 0.717) is 17.4 Å². The van der Waals surface area contributed by atoms with Gasteiger partial charge in [0.1, 0.15) is 0 Å². The highest BCUT2D eigenvalue weighted by Crippen LogP contribution is 2.41. The van der Waals surface area contributed by atoms with Crippen molar-refractivity contribution in [1.29, 1.82) is 0 Å². The van der Waals surface area contributed by atoms with Gasteiger partial charge in [0.05, 0.1) is 5.56 Å². The van der Waals surface area contributed by atoms with Crippen molar-refractivity contribution in [3.05, 3.63) is 76.9 Å². The summed E-state index contributed by atoms with van der Waals surface area (Å²) in [5.41, 5.74) is 4.15. The van der Waals surface area contributed by atoms with Gasteiger partial charge in [-0.15, -0.1) is 0 Å². The Bertz CT molecular complexity index is 780. The van der Waals surface area contributed by atoms with Crippen LogP contribution in [0.4, 0.5) is 0 Å². The average molecular weight is 349 g/mol. The molecule has 0 heterocycles. The molecule has 0 amide bonds. The minimum atomic E-state index is -0.873. The molecule has 3 nitrogen and oxygen atoms in total. The van der Waals surface area contributed by atoms with Crippen LogP contribution in [0.5, 0.6) is 0 Å². The Morgan fingerprint density at radius 3 is 2.62 bits per heavy atom. The van der Waals surface area contributed by atoms with Gasteiger partial charge in [0.15, 0.2) is 0 Å². The first-order valence-electron chi connectivity index (χ1n) is 9.25. The average Bonchev–Trinajstić information content (AvgIpc) is 2.63. The zero-order valence-corrected chi connectivity index (χ0v) is 15.6. The van der Waals surface area contributed by atoms with Crippen molar-refractivity contribution >= 4 is 12.0 Å². The summed E-state index contributed by atoms with van der Waals surface area (Å²) in [6.45, 7) is 1.10. The normalized spacial score (nSPS) is 21.9. The van der Waals surface area contributed by atoms with Crippen LogP contribution in [0.2, 0.25) is 0 Å². The Morgan fingerprint density at radius 2 is 1.92 bits per heavy atom. The van der Waals surface area contributed by atoms with E-state index in [4.69, 9.17) is 0 Å². The molecule has 26 heavy (non-hydrogen) atoms. The van der Waals surface area contributed by atoms with E-state index < -0.39 is 5.97 Å². The number of aromatic carboxylic acids is 1. The van der Waals surface area contributed by atoms with Gasteiger partial charge in [-0.2, -0.15) is 0 Å². The summed E-state index contributed by atoms with van der Waals surface area (Å²) < 4.78 is 0. The zero-order chi connectivity index (χ0) is 18.5. The topological polar surface area (TPSA) is 40.5 Å². The summed E-state index contributed by atoms with van der Waals surface area (Å²) in [5.74, 6) is 0.290. The zero-order valence-electron chi connectivity index (χ0n) is 15.6. The van der Waals surface area contributed by atoms with E-state index >= 15 is 0 Å². The Labute approximate surface area is 156 Å². The lowest BCUT2D eigenvalue weighted by atomic mass is 9.73. The number of carboxylic acids is 1. The highest BCUT2D eigenvalue weighted by molar-refractivity contribution is 5.88. The van der Waals surface area contributed by atoms with Crippen LogP contribution >= 0.6 is 0 Å². The van der Waals surface area contributed by atoms with Gasteiger partial charge in [0.25, 0.3) is 0 Å². The van der Waals surface area contributed by atoms with Crippen molar-refractivity contribution in [1.82, 2.24) is 4.90 Å². The molecule has 1 aliphatic carbocycles. The SMILES string of the molecule is CN(C)C[C@@H]1CC/C(=C\c2cccc(C(=O)O)c2)C[C@H]1c1ccccc1. The van der Waals surface area contributed by atoms with Crippen molar-refractivity contribution in [2.75, 3.05) is 20.6 Å². The van der Waals surface area contributed by atoms with Gasteiger partial charge in [-0.05, 0) is 68.5 Å². The third kappa shape index (κ3) is 4.61. The summed E-state index contributed by atoms with van der Waals surface area (Å²) >= 11 is 0. The lowest BCUT2D eigenvalue weighted by molar-refractivity contribution is 0.0697. The fourth-order valence-electron chi connectivity index (χ4n) is 4.03. The maximum absolute atomic E-state index is 11.2. The van der Waals surface area contributed by atoms with Gasteiger partial charge in [-0.1, -0.05) is 54.1 Å². The molecule has 2 aromatic carbocycles. The van der Waals surface area contributed by atoms with Gasteiger partial charge in [0.2, 0.25) is 0 Å². The molecule has 3 rings (SSSR count). The second-order valence-corrected chi connectivity index (χ2v) is 7.52. The highest BCUT2D eigenvalue weighted by Gasteiger charge is 2.29. The predicted octanol–water partition coefficient (Wildman–Crippen LogP) is 4.91. The Hall–Kier alpha value is -2.39. The molecule has 2 aromatic rings. The molecule has 0 bridgehead atoms. The summed E-state index contributed by atoms with van der Waals surface area (Å²) in [7, 11) is 4.29. The fourth-order valence-corrected chi connectivity index (χ4v) is 4.03. The summed E-state index contributed by atoms with van der Waals surface area (Å²) in [6, 6.07) is 18.0. The van der Waals surface area contributed by atoms with Crippen LogP contribution in [0, 0.1) is 5.92 Å². The number of hydrogen-bond donors (Lipinski definition) is 1. The molecule has 136 valence electrons. The number of allylic oxidation sites excluding steroid dienone is 1. The third-order valence-electron chi connectivity index (χ3n) is 5.22. The van der Waals surface area contributed by atoms with E-state index in [9.17, 15) is 9.90 Å². The van der Waals surface area contributed by atoms with Gasteiger partial charge >= 0.3 is 5.97 Å². The minimum absolute atomic E-state index is 0.347. The van der Waals surface area contributed by atoms with E-state index in [1.165, 1.54) is 17.6 Å². The second kappa shape index (κ2) is 8.33. The molecule has 0 aliphatic heterocycles. The summed E-state index contributed by atoms with van der Waals surface area (Å²) in [5, 5.41) is 9.20. The van der Waals surface area contributed by atoms with Crippen LogP contribution in [-0.2, 0) is 0 Å². The lowest BCUT2D eigenvalue weighted by Gasteiger charge is -2.35. The van der Waals surface area contributed by atoms with Crippen molar-refractivity contribution in [2.24, 2.45) is 5.92 Å². The van der Waals surface area contributed by atoms with E-state index in [1.807, 2.05) is 12.1 Å². The largest absolute Gasteiger partial charge is 0.478 e. The standard InChI is InChI=1S/C23H27NO2/c1-24(2)16-21-12-11-18(15-22(21)19-8-4-3-5-9-19)13-17-7-6-10-20(14-17)23(25)26/h3-10,13-14,21-22H,11-12,15-16H2,1-2H3,(H,25,26)/b18-13+/t21-,22-/m0/s1.